The van der Waals surface area contributed by atoms with Crippen molar-refractivity contribution in [3.05, 3.63) is 70.5 Å². The Morgan fingerprint density at radius 1 is 1.24 bits per heavy atom. The van der Waals surface area contributed by atoms with E-state index in [9.17, 15) is 4.79 Å². The molecule has 1 saturated carbocycles. The molecule has 2 aromatic rings. The van der Waals surface area contributed by atoms with Crippen molar-refractivity contribution in [1.29, 1.82) is 0 Å². The summed E-state index contributed by atoms with van der Waals surface area (Å²) in [5.74, 6) is 1.65. The number of allylic oxidation sites excluding steroid dienone is 1. The molecule has 0 spiro atoms. The highest BCUT2D eigenvalue weighted by molar-refractivity contribution is 6.30. The van der Waals surface area contributed by atoms with Crippen LogP contribution >= 0.6 is 11.6 Å². The molecule has 178 valence electrons. The molecule has 1 unspecified atom stereocenters. The summed E-state index contributed by atoms with van der Waals surface area (Å²) in [5, 5.41) is 5.42. The number of nitrogens with zero attached hydrogens (tertiary/aromatic N) is 3. The maximum atomic E-state index is 13.2. The number of aromatic nitrogens is 1. The van der Waals surface area contributed by atoms with E-state index in [1.807, 2.05) is 37.4 Å². The van der Waals surface area contributed by atoms with Crippen LogP contribution in [0.2, 0.25) is 5.02 Å². The summed E-state index contributed by atoms with van der Waals surface area (Å²) >= 11 is 6.20. The van der Waals surface area contributed by atoms with E-state index in [2.05, 4.69) is 50.1 Å². The molecule has 2 aliphatic heterocycles. The molecule has 1 aromatic heterocycles. The summed E-state index contributed by atoms with van der Waals surface area (Å²) in [6.45, 7) is 6.96. The number of hydrogen-bond donors (Lipinski definition) is 2. The fraction of sp³-hybridized carbons (Fsp3) is 0.407. The van der Waals surface area contributed by atoms with Gasteiger partial charge in [0, 0.05) is 34.9 Å². The number of piperazine rings is 1. The zero-order valence-electron chi connectivity index (χ0n) is 19.6. The lowest BCUT2D eigenvalue weighted by Gasteiger charge is -2.44. The van der Waals surface area contributed by atoms with Crippen molar-refractivity contribution in [3.8, 4) is 0 Å². The number of aromatic amines is 1. The summed E-state index contributed by atoms with van der Waals surface area (Å²) in [5.41, 5.74) is 7.90. The third-order valence-corrected chi connectivity index (χ3v) is 7.66. The van der Waals surface area contributed by atoms with Crippen LogP contribution in [0.15, 0.2) is 48.2 Å². The van der Waals surface area contributed by atoms with Crippen LogP contribution in [-0.2, 0) is 11.2 Å². The average Bonchev–Trinajstić information content (AvgIpc) is 3.42. The topological polar surface area (TPSA) is 63.7 Å². The van der Waals surface area contributed by atoms with Gasteiger partial charge in [-0.15, -0.1) is 0 Å². The van der Waals surface area contributed by atoms with Gasteiger partial charge in [-0.1, -0.05) is 42.5 Å². The predicted molar refractivity (Wildman–Crippen MR) is 139 cm³/mol. The van der Waals surface area contributed by atoms with Gasteiger partial charge in [-0.25, -0.2) is 0 Å². The SMILES string of the molecule is C=Cc1[nH]cc(CC2=NNC3CN(C4CCC(c5cccc(Cl)c5)CC4)C(=O)CN23)c1/C=C\C. The minimum atomic E-state index is 0.0429. The fourth-order valence-corrected chi connectivity index (χ4v) is 5.84. The smallest absolute Gasteiger partial charge is 0.242 e. The molecule has 1 saturated heterocycles. The normalized spacial score (nSPS) is 24.8. The Labute approximate surface area is 206 Å². The summed E-state index contributed by atoms with van der Waals surface area (Å²) < 4.78 is 0. The largest absolute Gasteiger partial charge is 0.361 e. The molecule has 3 heterocycles. The van der Waals surface area contributed by atoms with E-state index in [4.69, 9.17) is 11.6 Å². The minimum absolute atomic E-state index is 0.0429. The summed E-state index contributed by atoms with van der Waals surface area (Å²) in [4.78, 5) is 20.7. The molecule has 6 nitrogen and oxygen atoms in total. The Morgan fingerprint density at radius 2 is 2.06 bits per heavy atom. The van der Waals surface area contributed by atoms with Crippen LogP contribution in [0.3, 0.4) is 0 Å². The lowest BCUT2D eigenvalue weighted by Crippen LogP contribution is -2.61. The first kappa shape index (κ1) is 22.8. The highest BCUT2D eigenvalue weighted by atomic mass is 35.5. The van der Waals surface area contributed by atoms with Gasteiger partial charge in [-0.3, -0.25) is 10.2 Å². The van der Waals surface area contributed by atoms with Crippen molar-refractivity contribution < 1.29 is 4.79 Å². The maximum Gasteiger partial charge on any atom is 0.242 e. The van der Waals surface area contributed by atoms with E-state index in [1.165, 1.54) is 5.56 Å². The molecule has 5 rings (SSSR count). The first-order valence-electron chi connectivity index (χ1n) is 12.2. The highest BCUT2D eigenvalue weighted by Gasteiger charge is 2.40. The summed E-state index contributed by atoms with van der Waals surface area (Å²) in [7, 11) is 0. The Kier molecular flexibility index (Phi) is 6.50. The molecule has 1 atom stereocenters. The number of carbonyl (C=O) groups excluding carboxylic acids is 1. The van der Waals surface area contributed by atoms with Gasteiger partial charge in [0.05, 0.1) is 6.54 Å². The average molecular weight is 478 g/mol. The van der Waals surface area contributed by atoms with Crippen molar-refractivity contribution in [1.82, 2.24) is 20.2 Å². The number of rotatable bonds is 6. The van der Waals surface area contributed by atoms with Crippen molar-refractivity contribution in [3.63, 3.8) is 0 Å². The maximum absolute atomic E-state index is 13.2. The van der Waals surface area contributed by atoms with Gasteiger partial charge in [0.15, 0.2) is 0 Å². The van der Waals surface area contributed by atoms with E-state index in [1.54, 1.807) is 0 Å². The van der Waals surface area contributed by atoms with E-state index in [-0.39, 0.29) is 12.1 Å². The number of hydrogen-bond acceptors (Lipinski definition) is 4. The van der Waals surface area contributed by atoms with Crippen LogP contribution in [-0.4, -0.2) is 51.8 Å². The zero-order chi connectivity index (χ0) is 23.7. The van der Waals surface area contributed by atoms with Crippen molar-refractivity contribution in [2.75, 3.05) is 13.1 Å². The van der Waals surface area contributed by atoms with Crippen LogP contribution in [0.5, 0.6) is 0 Å². The number of amides is 1. The van der Waals surface area contributed by atoms with E-state index in [0.29, 0.717) is 31.5 Å². The molecular weight excluding hydrogens is 446 g/mol. The Balaban J connectivity index is 1.21. The van der Waals surface area contributed by atoms with Gasteiger partial charge < -0.3 is 14.8 Å². The highest BCUT2D eigenvalue weighted by Crippen LogP contribution is 2.36. The molecule has 1 aromatic carbocycles. The molecule has 1 aliphatic carbocycles. The molecule has 2 N–H and O–H groups in total. The number of nitrogens with one attached hydrogen (secondary N) is 2. The van der Waals surface area contributed by atoms with Gasteiger partial charge in [-0.05, 0) is 67.9 Å². The first-order chi connectivity index (χ1) is 16.6. The van der Waals surface area contributed by atoms with Crippen LogP contribution in [0.1, 0.15) is 60.9 Å². The van der Waals surface area contributed by atoms with Crippen molar-refractivity contribution in [2.24, 2.45) is 5.10 Å². The second kappa shape index (κ2) is 9.71. The second-order valence-electron chi connectivity index (χ2n) is 9.43. The second-order valence-corrected chi connectivity index (χ2v) is 9.87. The van der Waals surface area contributed by atoms with E-state index >= 15 is 0 Å². The Bertz CT molecular complexity index is 1130. The fourth-order valence-electron chi connectivity index (χ4n) is 5.65. The first-order valence-corrected chi connectivity index (χ1v) is 12.5. The molecule has 1 amide bonds. The third-order valence-electron chi connectivity index (χ3n) is 7.43. The molecule has 0 radical (unpaired) electrons. The van der Waals surface area contributed by atoms with Crippen LogP contribution in [0, 0.1) is 0 Å². The molecule has 0 bridgehead atoms. The summed E-state index contributed by atoms with van der Waals surface area (Å²) in [6.07, 6.45) is 12.9. The lowest BCUT2D eigenvalue weighted by atomic mass is 9.81. The van der Waals surface area contributed by atoms with Gasteiger partial charge in [-0.2, -0.15) is 5.10 Å². The lowest BCUT2D eigenvalue weighted by molar-refractivity contribution is -0.140. The minimum Gasteiger partial charge on any atom is -0.361 e. The Morgan fingerprint density at radius 3 is 2.79 bits per heavy atom. The molecule has 34 heavy (non-hydrogen) atoms. The van der Waals surface area contributed by atoms with E-state index in [0.717, 1.165) is 53.4 Å². The standard InChI is InChI=1S/C27H32ClN5O/c1-3-6-23-20(15-29-24(23)4-2)14-25-30-31-26-16-32(27(34)17-33(25)26)22-11-9-18(10-12-22)19-7-5-8-21(28)13-19/h3-8,13,15,18,22,26,29,31H,2,9-12,14,16-17H2,1H3/b6-3-. The monoisotopic (exact) mass is 477 g/mol. The number of hydrazone groups is 1. The molecule has 3 aliphatic rings. The molecular formula is C27H32ClN5O. The summed E-state index contributed by atoms with van der Waals surface area (Å²) in [6, 6.07) is 8.52. The van der Waals surface area contributed by atoms with Gasteiger partial charge in [0.1, 0.15) is 18.5 Å². The van der Waals surface area contributed by atoms with Gasteiger partial charge >= 0.3 is 0 Å². The quantitative estimate of drug-likeness (QED) is 0.615. The number of carbonyl (C=O) groups is 1. The number of benzene rings is 1. The van der Waals surface area contributed by atoms with Crippen LogP contribution in [0.4, 0.5) is 0 Å². The van der Waals surface area contributed by atoms with Crippen molar-refractivity contribution >= 4 is 35.5 Å². The number of amidine groups is 1. The number of H-pyrrole nitrogens is 1. The van der Waals surface area contributed by atoms with Crippen LogP contribution in [0.25, 0.3) is 12.2 Å². The Hall–Kier alpha value is -2.99. The molecule has 7 heteroatoms. The van der Waals surface area contributed by atoms with Gasteiger partial charge in [0.25, 0.3) is 0 Å². The number of halogens is 1. The number of fused-ring (bicyclic) bond motifs is 1. The van der Waals surface area contributed by atoms with Crippen LogP contribution < -0.4 is 5.43 Å². The van der Waals surface area contributed by atoms with Gasteiger partial charge in [0.2, 0.25) is 5.91 Å². The van der Waals surface area contributed by atoms with E-state index < -0.39 is 0 Å². The predicted octanol–water partition coefficient (Wildman–Crippen LogP) is 5.00. The third kappa shape index (κ3) is 4.39. The zero-order valence-corrected chi connectivity index (χ0v) is 20.4. The van der Waals surface area contributed by atoms with Crippen molar-refractivity contribution in [2.45, 2.75) is 57.2 Å². The molecule has 2 fully saturated rings.